The first-order valence-electron chi connectivity index (χ1n) is 5.14. The van der Waals surface area contributed by atoms with E-state index in [9.17, 15) is 4.79 Å². The van der Waals surface area contributed by atoms with Gasteiger partial charge in [-0.1, -0.05) is 11.6 Å². The van der Waals surface area contributed by atoms with Crippen molar-refractivity contribution in [2.75, 3.05) is 5.73 Å². The molecule has 0 unspecified atom stereocenters. The summed E-state index contributed by atoms with van der Waals surface area (Å²) >= 11 is 5.80. The van der Waals surface area contributed by atoms with E-state index in [1.807, 2.05) is 12.1 Å². The lowest BCUT2D eigenvalue weighted by Crippen LogP contribution is -2.04. The fourth-order valence-corrected chi connectivity index (χ4v) is 1.62. The quantitative estimate of drug-likeness (QED) is 0.669. The molecule has 0 atom stereocenters. The van der Waals surface area contributed by atoms with Crippen molar-refractivity contribution in [3.05, 3.63) is 58.9 Å². The third kappa shape index (κ3) is 2.82. The molecule has 0 bridgehead atoms. The molecule has 0 saturated carbocycles. The Labute approximate surface area is 104 Å². The van der Waals surface area contributed by atoms with E-state index in [4.69, 9.17) is 17.3 Å². The number of Topliss-reactive ketones (excluding diaryl/α,β-unsaturated/α-hetero) is 1. The Kier molecular flexibility index (Phi) is 3.40. The Balaban J connectivity index is 2.18. The molecule has 4 heteroatoms. The van der Waals surface area contributed by atoms with E-state index >= 15 is 0 Å². The molecule has 0 amide bonds. The van der Waals surface area contributed by atoms with Crippen LogP contribution in [0.4, 0.5) is 5.69 Å². The number of aromatic nitrogens is 1. The molecular formula is C13H11ClN2O. The van der Waals surface area contributed by atoms with Crippen molar-refractivity contribution < 1.29 is 4.79 Å². The molecule has 2 N–H and O–H groups in total. The summed E-state index contributed by atoms with van der Waals surface area (Å²) in [6, 6.07) is 8.55. The smallest absolute Gasteiger partial charge is 0.167 e. The molecule has 0 radical (unpaired) electrons. The maximum Gasteiger partial charge on any atom is 0.167 e. The highest BCUT2D eigenvalue weighted by atomic mass is 35.5. The SMILES string of the molecule is Nc1cc(C(=O)Cc2ccncc2)ccc1Cl. The molecule has 1 aromatic carbocycles. The molecule has 0 spiro atoms. The summed E-state index contributed by atoms with van der Waals surface area (Å²) in [4.78, 5) is 15.9. The number of hydrogen-bond donors (Lipinski definition) is 1. The van der Waals surface area contributed by atoms with Gasteiger partial charge in [-0.15, -0.1) is 0 Å². The fraction of sp³-hybridized carbons (Fsp3) is 0.0769. The molecule has 0 aliphatic heterocycles. The highest BCUT2D eigenvalue weighted by Gasteiger charge is 2.08. The third-order valence-corrected chi connectivity index (χ3v) is 2.78. The number of pyridine rings is 1. The number of hydrogen-bond acceptors (Lipinski definition) is 3. The highest BCUT2D eigenvalue weighted by molar-refractivity contribution is 6.33. The van der Waals surface area contributed by atoms with E-state index in [-0.39, 0.29) is 5.78 Å². The lowest BCUT2D eigenvalue weighted by molar-refractivity contribution is 0.0993. The topological polar surface area (TPSA) is 56.0 Å². The van der Waals surface area contributed by atoms with Gasteiger partial charge in [-0.05, 0) is 35.9 Å². The van der Waals surface area contributed by atoms with Crippen LogP contribution in [0.1, 0.15) is 15.9 Å². The van der Waals surface area contributed by atoms with Crippen molar-refractivity contribution >= 4 is 23.1 Å². The number of nitrogen functional groups attached to an aromatic ring is 1. The number of carbonyl (C=O) groups is 1. The largest absolute Gasteiger partial charge is 0.398 e. The van der Waals surface area contributed by atoms with E-state index < -0.39 is 0 Å². The standard InChI is InChI=1S/C13H11ClN2O/c14-11-2-1-10(8-12(11)15)13(17)7-9-3-5-16-6-4-9/h1-6,8H,7,15H2. The zero-order chi connectivity index (χ0) is 12.3. The average molecular weight is 247 g/mol. The van der Waals surface area contributed by atoms with Crippen molar-refractivity contribution in [2.24, 2.45) is 0 Å². The van der Waals surface area contributed by atoms with Gasteiger partial charge >= 0.3 is 0 Å². The molecule has 0 aliphatic rings. The van der Waals surface area contributed by atoms with Gasteiger partial charge in [-0.3, -0.25) is 9.78 Å². The van der Waals surface area contributed by atoms with Crippen LogP contribution in [0.15, 0.2) is 42.7 Å². The van der Waals surface area contributed by atoms with Crippen molar-refractivity contribution in [3.63, 3.8) is 0 Å². The molecule has 1 heterocycles. The predicted molar refractivity (Wildman–Crippen MR) is 68.1 cm³/mol. The van der Waals surface area contributed by atoms with Crippen molar-refractivity contribution in [3.8, 4) is 0 Å². The maximum atomic E-state index is 12.0. The minimum absolute atomic E-state index is 0.0135. The van der Waals surface area contributed by atoms with Crippen molar-refractivity contribution in [2.45, 2.75) is 6.42 Å². The summed E-state index contributed by atoms with van der Waals surface area (Å²) < 4.78 is 0. The zero-order valence-electron chi connectivity index (χ0n) is 9.06. The fourth-order valence-electron chi connectivity index (χ4n) is 1.51. The van der Waals surface area contributed by atoms with Crippen LogP contribution in [-0.4, -0.2) is 10.8 Å². The summed E-state index contributed by atoms with van der Waals surface area (Å²) in [6.07, 6.45) is 3.67. The van der Waals surface area contributed by atoms with Crippen LogP contribution in [0.25, 0.3) is 0 Å². The lowest BCUT2D eigenvalue weighted by Gasteiger charge is -2.03. The van der Waals surface area contributed by atoms with Gasteiger partial charge in [0.15, 0.2) is 5.78 Å². The van der Waals surface area contributed by atoms with Crippen LogP contribution in [0.2, 0.25) is 5.02 Å². The lowest BCUT2D eigenvalue weighted by atomic mass is 10.0. The van der Waals surface area contributed by atoms with Gasteiger partial charge in [-0.25, -0.2) is 0 Å². The number of nitrogens with two attached hydrogens (primary N) is 1. The van der Waals surface area contributed by atoms with Crippen LogP contribution < -0.4 is 5.73 Å². The summed E-state index contributed by atoms with van der Waals surface area (Å²) in [7, 11) is 0. The van der Waals surface area contributed by atoms with Gasteiger partial charge in [0.25, 0.3) is 0 Å². The number of benzene rings is 1. The second-order valence-electron chi connectivity index (χ2n) is 3.69. The Bertz CT molecular complexity index is 540. The van der Waals surface area contributed by atoms with E-state index in [1.165, 1.54) is 0 Å². The molecular weight excluding hydrogens is 236 g/mol. The van der Waals surface area contributed by atoms with Crippen molar-refractivity contribution in [1.29, 1.82) is 0 Å². The Morgan fingerprint density at radius 1 is 1.24 bits per heavy atom. The summed E-state index contributed by atoms with van der Waals surface area (Å²) in [6.45, 7) is 0. The molecule has 2 aromatic rings. The summed E-state index contributed by atoms with van der Waals surface area (Å²) in [5.41, 5.74) is 7.58. The zero-order valence-corrected chi connectivity index (χ0v) is 9.82. The Morgan fingerprint density at radius 3 is 2.59 bits per heavy atom. The van der Waals surface area contributed by atoms with E-state index in [0.29, 0.717) is 22.7 Å². The number of carbonyl (C=O) groups excluding carboxylic acids is 1. The summed E-state index contributed by atoms with van der Waals surface area (Å²) in [5, 5.41) is 0.463. The number of halogens is 1. The average Bonchev–Trinajstić information content (AvgIpc) is 2.34. The minimum Gasteiger partial charge on any atom is -0.398 e. The van der Waals surface area contributed by atoms with Crippen LogP contribution in [0.3, 0.4) is 0 Å². The summed E-state index contributed by atoms with van der Waals surface area (Å²) in [5.74, 6) is 0.0135. The molecule has 0 fully saturated rings. The molecule has 17 heavy (non-hydrogen) atoms. The Hall–Kier alpha value is -1.87. The predicted octanol–water partition coefficient (Wildman–Crippen LogP) is 2.74. The molecule has 0 saturated heterocycles. The molecule has 0 aliphatic carbocycles. The monoisotopic (exact) mass is 246 g/mol. The van der Waals surface area contributed by atoms with Crippen LogP contribution in [0.5, 0.6) is 0 Å². The first kappa shape index (κ1) is 11.6. The van der Waals surface area contributed by atoms with Gasteiger partial charge in [0.1, 0.15) is 0 Å². The molecule has 3 nitrogen and oxygen atoms in total. The van der Waals surface area contributed by atoms with Gasteiger partial charge < -0.3 is 5.73 Å². The second-order valence-corrected chi connectivity index (χ2v) is 4.10. The van der Waals surface area contributed by atoms with Crippen LogP contribution in [0, 0.1) is 0 Å². The van der Waals surface area contributed by atoms with E-state index in [2.05, 4.69) is 4.98 Å². The number of anilines is 1. The minimum atomic E-state index is 0.0135. The number of rotatable bonds is 3. The number of nitrogens with zero attached hydrogens (tertiary/aromatic N) is 1. The first-order chi connectivity index (χ1) is 8.16. The number of ketones is 1. The first-order valence-corrected chi connectivity index (χ1v) is 5.52. The molecule has 2 rings (SSSR count). The molecule has 1 aromatic heterocycles. The molecule has 86 valence electrons. The van der Waals surface area contributed by atoms with E-state index in [0.717, 1.165) is 5.56 Å². The normalized spacial score (nSPS) is 10.2. The van der Waals surface area contributed by atoms with Gasteiger partial charge in [0, 0.05) is 24.4 Å². The third-order valence-electron chi connectivity index (χ3n) is 2.43. The highest BCUT2D eigenvalue weighted by Crippen LogP contribution is 2.20. The maximum absolute atomic E-state index is 12.0. The van der Waals surface area contributed by atoms with Crippen molar-refractivity contribution in [1.82, 2.24) is 4.98 Å². The van der Waals surface area contributed by atoms with Gasteiger partial charge in [0.2, 0.25) is 0 Å². The van der Waals surface area contributed by atoms with Gasteiger partial charge in [0.05, 0.1) is 10.7 Å². The van der Waals surface area contributed by atoms with E-state index in [1.54, 1.807) is 30.6 Å². The van der Waals surface area contributed by atoms with Crippen LogP contribution in [-0.2, 0) is 6.42 Å². The Morgan fingerprint density at radius 2 is 1.94 bits per heavy atom. The van der Waals surface area contributed by atoms with Gasteiger partial charge in [-0.2, -0.15) is 0 Å². The van der Waals surface area contributed by atoms with Crippen LogP contribution >= 0.6 is 11.6 Å². The second kappa shape index (κ2) is 4.97.